The van der Waals surface area contributed by atoms with Crippen molar-refractivity contribution in [1.82, 2.24) is 0 Å². The number of hydrogen-bond donors (Lipinski definition) is 2. The van der Waals surface area contributed by atoms with Crippen LogP contribution in [0.15, 0.2) is 60.7 Å². The summed E-state index contributed by atoms with van der Waals surface area (Å²) < 4.78 is 0. The lowest BCUT2D eigenvalue weighted by Gasteiger charge is -2.20. The average molecular weight is 342 g/mol. The first-order valence-electron chi connectivity index (χ1n) is 9.40. The zero-order valence-electron chi connectivity index (χ0n) is 15.5. The van der Waals surface area contributed by atoms with Gasteiger partial charge < -0.3 is 11.5 Å². The molecule has 0 spiro atoms. The monoisotopic (exact) mass is 342 g/mol. The Bertz CT molecular complexity index is 1010. The zero-order chi connectivity index (χ0) is 18.3. The van der Waals surface area contributed by atoms with E-state index in [2.05, 4.69) is 74.5 Å². The number of benzene rings is 4. The third kappa shape index (κ3) is 2.96. The van der Waals surface area contributed by atoms with Gasteiger partial charge in [0.05, 0.1) is 0 Å². The molecule has 0 radical (unpaired) electrons. The van der Waals surface area contributed by atoms with E-state index in [-0.39, 0.29) is 12.1 Å². The highest BCUT2D eigenvalue weighted by atomic mass is 14.6. The van der Waals surface area contributed by atoms with Crippen molar-refractivity contribution in [3.63, 3.8) is 0 Å². The number of rotatable bonds is 4. The molecule has 0 heterocycles. The van der Waals surface area contributed by atoms with Gasteiger partial charge in [-0.25, -0.2) is 0 Å². The van der Waals surface area contributed by atoms with E-state index >= 15 is 0 Å². The first-order chi connectivity index (χ1) is 12.5. The molecule has 2 heteroatoms. The molecule has 4 rings (SSSR count). The van der Waals surface area contributed by atoms with Crippen LogP contribution in [0.1, 0.15) is 25.0 Å². The SMILES string of the molecule is CC(N)Cc1c2ccccc2c(CC(C)N)c2cc3ccccc3cc12. The van der Waals surface area contributed by atoms with Gasteiger partial charge in [-0.3, -0.25) is 0 Å². The lowest BCUT2D eigenvalue weighted by molar-refractivity contribution is 0.740. The summed E-state index contributed by atoms with van der Waals surface area (Å²) in [5, 5.41) is 7.79. The van der Waals surface area contributed by atoms with Crippen molar-refractivity contribution in [3.8, 4) is 0 Å². The Morgan fingerprint density at radius 2 is 1.00 bits per heavy atom. The molecule has 0 bridgehead atoms. The predicted octanol–water partition coefficient (Wildman–Crippen LogP) is 4.93. The van der Waals surface area contributed by atoms with E-state index in [0.29, 0.717) is 0 Å². The fourth-order valence-electron chi connectivity index (χ4n) is 4.12. The van der Waals surface area contributed by atoms with Gasteiger partial charge in [-0.1, -0.05) is 48.5 Å². The lowest BCUT2D eigenvalue weighted by Crippen LogP contribution is -2.20. The fraction of sp³-hybridized carbons (Fsp3) is 0.250. The minimum absolute atomic E-state index is 0.118. The molecule has 0 aliphatic heterocycles. The Hall–Kier alpha value is -2.42. The highest BCUT2D eigenvalue weighted by Gasteiger charge is 2.16. The maximum atomic E-state index is 6.22. The van der Waals surface area contributed by atoms with Gasteiger partial charge in [0.2, 0.25) is 0 Å². The third-order valence-corrected chi connectivity index (χ3v) is 5.17. The van der Waals surface area contributed by atoms with Crippen LogP contribution in [0.25, 0.3) is 32.3 Å². The van der Waals surface area contributed by atoms with Gasteiger partial charge in [-0.15, -0.1) is 0 Å². The first kappa shape index (κ1) is 17.0. The van der Waals surface area contributed by atoms with E-state index in [9.17, 15) is 0 Å². The second kappa shape index (κ2) is 6.71. The molecule has 0 saturated heterocycles. The normalized spacial score (nSPS) is 14.2. The van der Waals surface area contributed by atoms with Crippen LogP contribution in [0.5, 0.6) is 0 Å². The molecule has 0 aliphatic rings. The second-order valence-electron chi connectivity index (χ2n) is 7.61. The van der Waals surface area contributed by atoms with Crippen LogP contribution in [0.2, 0.25) is 0 Å². The van der Waals surface area contributed by atoms with Crippen molar-refractivity contribution >= 4 is 32.3 Å². The van der Waals surface area contributed by atoms with Crippen molar-refractivity contribution in [1.29, 1.82) is 0 Å². The number of hydrogen-bond acceptors (Lipinski definition) is 2. The summed E-state index contributed by atoms with van der Waals surface area (Å²) in [5.41, 5.74) is 15.1. The van der Waals surface area contributed by atoms with E-state index in [4.69, 9.17) is 11.5 Å². The van der Waals surface area contributed by atoms with Crippen LogP contribution < -0.4 is 11.5 Å². The van der Waals surface area contributed by atoms with Crippen molar-refractivity contribution in [2.24, 2.45) is 11.5 Å². The molecular weight excluding hydrogens is 316 g/mol. The van der Waals surface area contributed by atoms with Crippen LogP contribution in [0.4, 0.5) is 0 Å². The molecule has 0 aliphatic carbocycles. The van der Waals surface area contributed by atoms with Crippen LogP contribution >= 0.6 is 0 Å². The average Bonchev–Trinajstić information content (AvgIpc) is 2.62. The summed E-state index contributed by atoms with van der Waals surface area (Å²) >= 11 is 0. The number of fused-ring (bicyclic) bond motifs is 3. The number of nitrogens with two attached hydrogens (primary N) is 2. The Labute approximate surface area is 154 Å². The molecule has 0 saturated carbocycles. The van der Waals surface area contributed by atoms with Crippen molar-refractivity contribution < 1.29 is 0 Å². The van der Waals surface area contributed by atoms with Crippen LogP contribution in [0, 0.1) is 0 Å². The summed E-state index contributed by atoms with van der Waals surface area (Å²) in [6, 6.07) is 22.2. The van der Waals surface area contributed by atoms with E-state index in [1.807, 2.05) is 0 Å². The molecule has 4 aromatic carbocycles. The Morgan fingerprint density at radius 1 is 0.615 bits per heavy atom. The van der Waals surface area contributed by atoms with Gasteiger partial charge in [0, 0.05) is 12.1 Å². The highest BCUT2D eigenvalue weighted by molar-refractivity contribution is 6.10. The van der Waals surface area contributed by atoms with Crippen LogP contribution in [0.3, 0.4) is 0 Å². The van der Waals surface area contributed by atoms with Gasteiger partial charge in [-0.2, -0.15) is 0 Å². The molecule has 2 atom stereocenters. The Kier molecular flexibility index (Phi) is 4.39. The van der Waals surface area contributed by atoms with Gasteiger partial charge in [0.25, 0.3) is 0 Å². The van der Waals surface area contributed by atoms with Gasteiger partial charge in [0.15, 0.2) is 0 Å². The van der Waals surface area contributed by atoms with E-state index < -0.39 is 0 Å². The fourth-order valence-corrected chi connectivity index (χ4v) is 4.12. The third-order valence-electron chi connectivity index (χ3n) is 5.17. The molecule has 26 heavy (non-hydrogen) atoms. The molecular formula is C24H26N2. The smallest absolute Gasteiger partial charge is 0.00513 e. The Balaban J connectivity index is 2.19. The van der Waals surface area contributed by atoms with Crippen LogP contribution in [-0.4, -0.2) is 12.1 Å². The van der Waals surface area contributed by atoms with Crippen molar-refractivity contribution in [3.05, 3.63) is 71.8 Å². The minimum atomic E-state index is 0.118. The molecule has 4 aromatic rings. The van der Waals surface area contributed by atoms with Gasteiger partial charge in [0.1, 0.15) is 0 Å². The maximum Gasteiger partial charge on any atom is 0.00513 e. The maximum absolute atomic E-state index is 6.22. The second-order valence-corrected chi connectivity index (χ2v) is 7.61. The van der Waals surface area contributed by atoms with Crippen LogP contribution in [-0.2, 0) is 12.8 Å². The standard InChI is InChI=1S/C24H26N2/c1-15(25)11-21-19-9-5-6-10-20(19)22(12-16(2)26)24-14-18-8-4-3-7-17(18)13-23(21)24/h3-10,13-16H,11-12,25-26H2,1-2H3. The molecule has 2 nitrogen and oxygen atoms in total. The summed E-state index contributed by atoms with van der Waals surface area (Å²) in [7, 11) is 0. The van der Waals surface area contributed by atoms with E-state index in [1.165, 1.54) is 43.4 Å². The van der Waals surface area contributed by atoms with Crippen molar-refractivity contribution in [2.45, 2.75) is 38.8 Å². The van der Waals surface area contributed by atoms with Gasteiger partial charge >= 0.3 is 0 Å². The summed E-state index contributed by atoms with van der Waals surface area (Å²) in [4.78, 5) is 0. The molecule has 2 unspecified atom stereocenters. The van der Waals surface area contributed by atoms with E-state index in [0.717, 1.165) is 12.8 Å². The first-order valence-corrected chi connectivity index (χ1v) is 9.40. The molecule has 0 amide bonds. The molecule has 4 N–H and O–H groups in total. The highest BCUT2D eigenvalue weighted by Crippen LogP contribution is 2.36. The van der Waals surface area contributed by atoms with Crippen molar-refractivity contribution in [2.75, 3.05) is 0 Å². The van der Waals surface area contributed by atoms with E-state index in [1.54, 1.807) is 0 Å². The van der Waals surface area contributed by atoms with Gasteiger partial charge in [-0.05, 0) is 82.3 Å². The molecule has 0 aromatic heterocycles. The minimum Gasteiger partial charge on any atom is -0.328 e. The predicted molar refractivity (Wildman–Crippen MR) is 114 cm³/mol. The topological polar surface area (TPSA) is 52.0 Å². The summed E-state index contributed by atoms with van der Waals surface area (Å²) in [6.45, 7) is 4.16. The quantitative estimate of drug-likeness (QED) is 0.517. The largest absolute Gasteiger partial charge is 0.328 e. The lowest BCUT2D eigenvalue weighted by atomic mass is 9.86. The molecule has 0 fully saturated rings. The Morgan fingerprint density at radius 3 is 1.38 bits per heavy atom. The summed E-state index contributed by atoms with van der Waals surface area (Å²) in [6.07, 6.45) is 1.74. The summed E-state index contributed by atoms with van der Waals surface area (Å²) in [5.74, 6) is 0. The molecule has 132 valence electrons. The zero-order valence-corrected chi connectivity index (χ0v) is 15.5.